The van der Waals surface area contributed by atoms with Crippen LogP contribution in [0.1, 0.15) is 5.56 Å². The number of halogens is 3. The van der Waals surface area contributed by atoms with Crippen LogP contribution in [-0.2, 0) is 4.79 Å². The molecule has 1 heterocycles. The summed E-state index contributed by atoms with van der Waals surface area (Å²) in [6.45, 7) is 1.84. The lowest BCUT2D eigenvalue weighted by Gasteiger charge is -2.08. The van der Waals surface area contributed by atoms with Crippen LogP contribution in [0.4, 0.5) is 5.69 Å². The van der Waals surface area contributed by atoms with Gasteiger partial charge in [-0.15, -0.1) is 10.2 Å². The number of nitrogens with zero attached hydrogens (tertiary/aromatic N) is 2. The smallest absolute Gasteiger partial charge is 0.277 e. The molecule has 2 aromatic carbocycles. The number of amides is 1. The number of aromatic nitrogens is 2. The number of benzene rings is 2. The molecule has 0 bridgehead atoms. The number of hydrogen-bond donors (Lipinski definition) is 1. The Morgan fingerprint density at radius 3 is 2.73 bits per heavy atom. The maximum Gasteiger partial charge on any atom is 0.277 e. The van der Waals surface area contributed by atoms with Gasteiger partial charge in [-0.3, -0.25) is 4.79 Å². The first-order valence-corrected chi connectivity index (χ1v) is 9.52. The van der Waals surface area contributed by atoms with E-state index in [0.29, 0.717) is 26.3 Å². The van der Waals surface area contributed by atoms with Crippen molar-refractivity contribution in [1.82, 2.24) is 10.2 Å². The molecular weight excluding hydrogens is 417 g/mol. The monoisotopic (exact) mass is 427 g/mol. The summed E-state index contributed by atoms with van der Waals surface area (Å²) in [6, 6.07) is 10.3. The van der Waals surface area contributed by atoms with Gasteiger partial charge in [-0.05, 0) is 42.8 Å². The second-order valence-corrected chi connectivity index (χ2v) is 7.42. The molecule has 0 radical (unpaired) electrons. The third-order valence-electron chi connectivity index (χ3n) is 3.44. The molecule has 0 saturated carbocycles. The normalized spacial score (nSPS) is 10.8. The molecule has 3 aromatic rings. The van der Waals surface area contributed by atoms with Gasteiger partial charge in [0.15, 0.2) is 0 Å². The van der Waals surface area contributed by atoms with Gasteiger partial charge in [-0.25, -0.2) is 0 Å². The van der Waals surface area contributed by atoms with Gasteiger partial charge in [0.25, 0.3) is 5.22 Å². The molecule has 1 amide bonds. The van der Waals surface area contributed by atoms with E-state index in [0.717, 1.165) is 17.3 Å². The topological polar surface area (TPSA) is 68.0 Å². The molecule has 0 saturated heterocycles. The summed E-state index contributed by atoms with van der Waals surface area (Å²) >= 11 is 19.2. The van der Waals surface area contributed by atoms with Crippen LogP contribution in [-0.4, -0.2) is 21.9 Å². The van der Waals surface area contributed by atoms with E-state index in [-0.39, 0.29) is 22.8 Å². The summed E-state index contributed by atoms with van der Waals surface area (Å²) < 4.78 is 5.55. The average Bonchev–Trinajstić information content (AvgIpc) is 3.06. The van der Waals surface area contributed by atoms with E-state index in [2.05, 4.69) is 15.5 Å². The fraction of sp³-hybridized carbons (Fsp3) is 0.118. The second-order valence-electron chi connectivity index (χ2n) is 5.25. The Labute approximate surface area is 169 Å². The Kier molecular flexibility index (Phi) is 6.09. The quantitative estimate of drug-likeness (QED) is 0.525. The van der Waals surface area contributed by atoms with Crippen molar-refractivity contribution in [3.8, 4) is 11.5 Å². The van der Waals surface area contributed by atoms with Crippen LogP contribution in [0.3, 0.4) is 0 Å². The lowest BCUT2D eigenvalue weighted by atomic mass is 10.2. The highest BCUT2D eigenvalue weighted by molar-refractivity contribution is 7.99. The lowest BCUT2D eigenvalue weighted by Crippen LogP contribution is -2.14. The molecule has 9 heteroatoms. The third-order valence-corrected chi connectivity index (χ3v) is 5.21. The number of carbonyl (C=O) groups excluding carboxylic acids is 1. The SMILES string of the molecule is Cc1c(Cl)cccc1NC(=O)CSc1nnc(-c2ccc(Cl)cc2Cl)o1. The Balaban J connectivity index is 1.63. The minimum atomic E-state index is -0.204. The first kappa shape index (κ1) is 19.0. The predicted octanol–water partition coefficient (Wildman–Crippen LogP) is 5.74. The van der Waals surface area contributed by atoms with Crippen LogP contribution >= 0.6 is 46.6 Å². The van der Waals surface area contributed by atoms with Gasteiger partial charge in [-0.2, -0.15) is 0 Å². The van der Waals surface area contributed by atoms with Crippen LogP contribution in [0.2, 0.25) is 15.1 Å². The largest absolute Gasteiger partial charge is 0.411 e. The Morgan fingerprint density at radius 2 is 1.96 bits per heavy atom. The van der Waals surface area contributed by atoms with E-state index in [4.69, 9.17) is 39.2 Å². The Hall–Kier alpha value is -1.73. The Morgan fingerprint density at radius 1 is 1.15 bits per heavy atom. The number of anilines is 1. The highest BCUT2D eigenvalue weighted by Gasteiger charge is 2.14. The highest BCUT2D eigenvalue weighted by Crippen LogP contribution is 2.31. The molecule has 0 spiro atoms. The van der Waals surface area contributed by atoms with E-state index in [9.17, 15) is 4.79 Å². The predicted molar refractivity (Wildman–Crippen MR) is 105 cm³/mol. The van der Waals surface area contributed by atoms with Gasteiger partial charge in [-0.1, -0.05) is 52.6 Å². The summed E-state index contributed by atoms with van der Waals surface area (Å²) in [4.78, 5) is 12.1. The minimum absolute atomic E-state index is 0.113. The molecule has 5 nitrogen and oxygen atoms in total. The van der Waals surface area contributed by atoms with Crippen LogP contribution in [0, 0.1) is 6.92 Å². The van der Waals surface area contributed by atoms with Gasteiger partial charge in [0.05, 0.1) is 16.3 Å². The fourth-order valence-corrected chi connectivity index (χ4v) is 3.32. The van der Waals surface area contributed by atoms with Crippen molar-refractivity contribution < 1.29 is 9.21 Å². The molecular formula is C17H12Cl3N3O2S. The molecule has 3 rings (SSSR count). The van der Waals surface area contributed by atoms with Crippen molar-refractivity contribution in [3.63, 3.8) is 0 Å². The van der Waals surface area contributed by atoms with Crippen molar-refractivity contribution in [2.24, 2.45) is 0 Å². The van der Waals surface area contributed by atoms with Gasteiger partial charge in [0.2, 0.25) is 11.8 Å². The molecule has 1 aromatic heterocycles. The standard InChI is InChI=1S/C17H12Cl3N3O2S/c1-9-12(19)3-2-4-14(9)21-15(24)8-26-17-23-22-16(25-17)11-6-5-10(18)7-13(11)20/h2-7H,8H2,1H3,(H,21,24). The maximum atomic E-state index is 12.1. The zero-order valence-corrected chi connectivity index (χ0v) is 16.5. The maximum absolute atomic E-state index is 12.1. The number of nitrogens with one attached hydrogen (secondary N) is 1. The lowest BCUT2D eigenvalue weighted by molar-refractivity contribution is -0.113. The van der Waals surface area contributed by atoms with Gasteiger partial charge in [0.1, 0.15) is 0 Å². The van der Waals surface area contributed by atoms with Crippen LogP contribution in [0.25, 0.3) is 11.5 Å². The van der Waals surface area contributed by atoms with Crippen LogP contribution in [0.5, 0.6) is 0 Å². The van der Waals surface area contributed by atoms with Gasteiger partial charge in [0, 0.05) is 15.7 Å². The van der Waals surface area contributed by atoms with Crippen molar-refractivity contribution in [3.05, 3.63) is 57.0 Å². The zero-order valence-electron chi connectivity index (χ0n) is 13.4. The average molecular weight is 429 g/mol. The van der Waals surface area contributed by atoms with Gasteiger partial charge >= 0.3 is 0 Å². The first-order valence-electron chi connectivity index (χ1n) is 7.40. The molecule has 0 aliphatic heterocycles. The molecule has 1 N–H and O–H groups in total. The number of carbonyl (C=O) groups is 1. The molecule has 0 aliphatic rings. The van der Waals surface area contributed by atoms with E-state index >= 15 is 0 Å². The van der Waals surface area contributed by atoms with Crippen molar-refractivity contribution in [2.45, 2.75) is 12.1 Å². The van der Waals surface area contributed by atoms with Crippen molar-refractivity contribution in [2.75, 3.05) is 11.1 Å². The van der Waals surface area contributed by atoms with Gasteiger partial charge < -0.3 is 9.73 Å². The summed E-state index contributed by atoms with van der Waals surface area (Å²) in [5, 5.41) is 12.5. The Bertz CT molecular complexity index is 962. The zero-order chi connectivity index (χ0) is 18.7. The van der Waals surface area contributed by atoms with Crippen molar-refractivity contribution >= 4 is 58.2 Å². The number of hydrogen-bond acceptors (Lipinski definition) is 5. The number of rotatable bonds is 5. The van der Waals surface area contributed by atoms with E-state index in [1.165, 1.54) is 0 Å². The molecule has 26 heavy (non-hydrogen) atoms. The highest BCUT2D eigenvalue weighted by atomic mass is 35.5. The molecule has 0 atom stereocenters. The van der Waals surface area contributed by atoms with E-state index < -0.39 is 0 Å². The molecule has 0 aliphatic carbocycles. The van der Waals surface area contributed by atoms with E-state index in [1.807, 2.05) is 6.92 Å². The number of thioether (sulfide) groups is 1. The summed E-state index contributed by atoms with van der Waals surface area (Å²) in [5.74, 6) is 0.173. The second kappa shape index (κ2) is 8.31. The third kappa shape index (κ3) is 4.51. The summed E-state index contributed by atoms with van der Waals surface area (Å²) in [7, 11) is 0. The molecule has 134 valence electrons. The fourth-order valence-electron chi connectivity index (χ4n) is 2.10. The summed E-state index contributed by atoms with van der Waals surface area (Å²) in [6.07, 6.45) is 0. The summed E-state index contributed by atoms with van der Waals surface area (Å²) in [5.41, 5.74) is 2.06. The minimum Gasteiger partial charge on any atom is -0.411 e. The first-order chi connectivity index (χ1) is 12.4. The molecule has 0 unspecified atom stereocenters. The van der Waals surface area contributed by atoms with Crippen LogP contribution < -0.4 is 5.32 Å². The van der Waals surface area contributed by atoms with Crippen LogP contribution in [0.15, 0.2) is 46.0 Å². The molecule has 0 fully saturated rings. The van der Waals surface area contributed by atoms with Crippen molar-refractivity contribution in [1.29, 1.82) is 0 Å². The van der Waals surface area contributed by atoms with E-state index in [1.54, 1.807) is 36.4 Å².